The van der Waals surface area contributed by atoms with E-state index in [0.717, 1.165) is 18.5 Å². The van der Waals surface area contributed by atoms with E-state index in [9.17, 15) is 4.79 Å². The molecule has 0 unspecified atom stereocenters. The van der Waals surface area contributed by atoms with Crippen LogP contribution in [0.1, 0.15) is 30.4 Å². The SMILES string of the molecule is Cc1cccc2c1NC(=O)C21CCC1. The van der Waals surface area contributed by atoms with Gasteiger partial charge in [0.1, 0.15) is 0 Å². The Kier molecular flexibility index (Phi) is 1.37. The smallest absolute Gasteiger partial charge is 0.235 e. The summed E-state index contributed by atoms with van der Waals surface area (Å²) in [5, 5.41) is 3.02. The van der Waals surface area contributed by atoms with E-state index in [1.54, 1.807) is 0 Å². The van der Waals surface area contributed by atoms with Crippen LogP contribution in [0.5, 0.6) is 0 Å². The number of rotatable bonds is 0. The van der Waals surface area contributed by atoms with Crippen LogP contribution in [0, 0.1) is 6.92 Å². The molecule has 0 aromatic heterocycles. The van der Waals surface area contributed by atoms with Crippen molar-refractivity contribution in [2.45, 2.75) is 31.6 Å². The number of carbonyl (C=O) groups is 1. The van der Waals surface area contributed by atoms with Gasteiger partial charge in [-0.05, 0) is 30.9 Å². The van der Waals surface area contributed by atoms with E-state index in [1.807, 2.05) is 0 Å². The minimum atomic E-state index is -0.151. The number of benzene rings is 1. The fraction of sp³-hybridized carbons (Fsp3) is 0.417. The molecule has 1 spiro atoms. The number of carbonyl (C=O) groups excluding carboxylic acids is 1. The van der Waals surface area contributed by atoms with Crippen LogP contribution in [0.4, 0.5) is 5.69 Å². The summed E-state index contributed by atoms with van der Waals surface area (Å²) in [6.45, 7) is 2.05. The van der Waals surface area contributed by atoms with Crippen molar-refractivity contribution in [2.75, 3.05) is 5.32 Å². The number of aryl methyl sites for hydroxylation is 1. The summed E-state index contributed by atoms with van der Waals surface area (Å²) in [7, 11) is 0. The molecule has 2 aliphatic rings. The molecule has 72 valence electrons. The highest BCUT2D eigenvalue weighted by molar-refractivity contribution is 6.07. The Labute approximate surface area is 83.3 Å². The Bertz CT molecular complexity index is 418. The van der Waals surface area contributed by atoms with Crippen molar-refractivity contribution in [3.63, 3.8) is 0 Å². The number of anilines is 1. The largest absolute Gasteiger partial charge is 0.325 e. The molecule has 1 aromatic rings. The second-order valence-corrected chi connectivity index (χ2v) is 4.39. The summed E-state index contributed by atoms with van der Waals surface area (Å²) in [5.74, 6) is 0.216. The van der Waals surface area contributed by atoms with E-state index < -0.39 is 0 Å². The third-order valence-corrected chi connectivity index (χ3v) is 3.67. The molecule has 0 saturated heterocycles. The standard InChI is InChI=1S/C12H13NO/c1-8-4-2-5-9-10(8)13-11(14)12(9)6-3-7-12/h2,4-5H,3,6-7H2,1H3,(H,13,14). The van der Waals surface area contributed by atoms with Crippen LogP contribution >= 0.6 is 0 Å². The lowest BCUT2D eigenvalue weighted by atomic mass is 9.65. The first-order valence-electron chi connectivity index (χ1n) is 5.16. The topological polar surface area (TPSA) is 29.1 Å². The van der Waals surface area contributed by atoms with E-state index in [2.05, 4.69) is 30.4 Å². The second-order valence-electron chi connectivity index (χ2n) is 4.39. The Balaban J connectivity index is 2.22. The lowest BCUT2D eigenvalue weighted by molar-refractivity contribution is -0.123. The first-order valence-corrected chi connectivity index (χ1v) is 5.16. The van der Waals surface area contributed by atoms with Crippen molar-refractivity contribution in [3.8, 4) is 0 Å². The average molecular weight is 187 g/mol. The Hall–Kier alpha value is -1.31. The number of hydrogen-bond donors (Lipinski definition) is 1. The molecule has 0 radical (unpaired) electrons. The van der Waals surface area contributed by atoms with Crippen molar-refractivity contribution < 1.29 is 4.79 Å². The highest BCUT2D eigenvalue weighted by Gasteiger charge is 2.51. The van der Waals surface area contributed by atoms with Gasteiger partial charge in [0, 0.05) is 5.69 Å². The molecule has 2 nitrogen and oxygen atoms in total. The zero-order valence-electron chi connectivity index (χ0n) is 8.26. The lowest BCUT2D eigenvalue weighted by Crippen LogP contribution is -2.40. The second kappa shape index (κ2) is 2.38. The molecular formula is C12H13NO. The number of fused-ring (bicyclic) bond motifs is 2. The summed E-state index contributed by atoms with van der Waals surface area (Å²) in [5.41, 5.74) is 3.33. The van der Waals surface area contributed by atoms with Crippen molar-refractivity contribution in [1.29, 1.82) is 0 Å². The summed E-state index contributed by atoms with van der Waals surface area (Å²) in [4.78, 5) is 11.9. The summed E-state index contributed by atoms with van der Waals surface area (Å²) in [6.07, 6.45) is 3.23. The van der Waals surface area contributed by atoms with Crippen LogP contribution < -0.4 is 5.32 Å². The van der Waals surface area contributed by atoms with E-state index in [0.29, 0.717) is 0 Å². The molecule has 1 amide bonds. The maximum absolute atomic E-state index is 11.9. The van der Waals surface area contributed by atoms with Crippen molar-refractivity contribution in [3.05, 3.63) is 29.3 Å². The molecule has 1 saturated carbocycles. The van der Waals surface area contributed by atoms with Gasteiger partial charge >= 0.3 is 0 Å². The maximum atomic E-state index is 11.9. The van der Waals surface area contributed by atoms with Crippen LogP contribution in [0.25, 0.3) is 0 Å². The number of para-hydroxylation sites is 1. The van der Waals surface area contributed by atoms with E-state index in [-0.39, 0.29) is 11.3 Å². The van der Waals surface area contributed by atoms with Gasteiger partial charge in [-0.25, -0.2) is 0 Å². The van der Waals surface area contributed by atoms with Crippen LogP contribution in [-0.2, 0) is 10.2 Å². The van der Waals surface area contributed by atoms with Crippen LogP contribution in [0.2, 0.25) is 0 Å². The van der Waals surface area contributed by atoms with Gasteiger partial charge in [-0.3, -0.25) is 4.79 Å². The zero-order valence-corrected chi connectivity index (χ0v) is 8.26. The molecule has 0 bridgehead atoms. The van der Waals surface area contributed by atoms with E-state index in [4.69, 9.17) is 0 Å². The molecule has 0 atom stereocenters. The zero-order chi connectivity index (χ0) is 9.76. The van der Waals surface area contributed by atoms with Gasteiger partial charge in [0.25, 0.3) is 0 Å². The first-order chi connectivity index (χ1) is 6.74. The van der Waals surface area contributed by atoms with Gasteiger partial charge < -0.3 is 5.32 Å². The Morgan fingerprint density at radius 1 is 1.36 bits per heavy atom. The summed E-state index contributed by atoms with van der Waals surface area (Å²) >= 11 is 0. The van der Waals surface area contributed by atoms with Crippen molar-refractivity contribution in [1.82, 2.24) is 0 Å². The number of nitrogens with one attached hydrogen (secondary N) is 1. The van der Waals surface area contributed by atoms with Gasteiger partial charge in [-0.1, -0.05) is 24.6 Å². The third kappa shape index (κ3) is 0.746. The average Bonchev–Trinajstić information content (AvgIpc) is 2.38. The van der Waals surface area contributed by atoms with E-state index in [1.165, 1.54) is 17.5 Å². The fourth-order valence-electron chi connectivity index (χ4n) is 2.61. The molecule has 1 aromatic carbocycles. The van der Waals surface area contributed by atoms with Crippen LogP contribution in [0.15, 0.2) is 18.2 Å². The normalized spacial score (nSPS) is 21.6. The predicted octanol–water partition coefficient (Wildman–Crippen LogP) is 2.37. The highest BCUT2D eigenvalue weighted by Crippen LogP contribution is 2.51. The number of amides is 1. The minimum absolute atomic E-state index is 0.151. The minimum Gasteiger partial charge on any atom is -0.325 e. The molecule has 1 aliphatic heterocycles. The molecule has 14 heavy (non-hydrogen) atoms. The monoisotopic (exact) mass is 187 g/mol. The molecule has 1 N–H and O–H groups in total. The van der Waals surface area contributed by atoms with Gasteiger partial charge in [-0.15, -0.1) is 0 Å². The molecule has 1 heterocycles. The van der Waals surface area contributed by atoms with Crippen LogP contribution in [0.3, 0.4) is 0 Å². The Morgan fingerprint density at radius 3 is 2.79 bits per heavy atom. The first kappa shape index (κ1) is 8.04. The maximum Gasteiger partial charge on any atom is 0.235 e. The van der Waals surface area contributed by atoms with E-state index >= 15 is 0 Å². The summed E-state index contributed by atoms with van der Waals surface area (Å²) in [6, 6.07) is 6.20. The Morgan fingerprint density at radius 2 is 2.14 bits per heavy atom. The van der Waals surface area contributed by atoms with Gasteiger partial charge in [0.05, 0.1) is 5.41 Å². The van der Waals surface area contributed by atoms with Crippen LogP contribution in [-0.4, -0.2) is 5.91 Å². The van der Waals surface area contributed by atoms with Gasteiger partial charge in [-0.2, -0.15) is 0 Å². The predicted molar refractivity (Wildman–Crippen MR) is 55.3 cm³/mol. The van der Waals surface area contributed by atoms with Gasteiger partial charge in [0.2, 0.25) is 5.91 Å². The quantitative estimate of drug-likeness (QED) is 0.663. The fourth-order valence-corrected chi connectivity index (χ4v) is 2.61. The molecule has 3 rings (SSSR count). The number of hydrogen-bond acceptors (Lipinski definition) is 1. The highest BCUT2D eigenvalue weighted by atomic mass is 16.2. The summed E-state index contributed by atoms with van der Waals surface area (Å²) < 4.78 is 0. The molecule has 1 aliphatic carbocycles. The van der Waals surface area contributed by atoms with Crippen molar-refractivity contribution >= 4 is 11.6 Å². The molecular weight excluding hydrogens is 174 g/mol. The molecule has 2 heteroatoms. The van der Waals surface area contributed by atoms with Gasteiger partial charge in [0.15, 0.2) is 0 Å². The lowest BCUT2D eigenvalue weighted by Gasteiger charge is -2.36. The molecule has 1 fully saturated rings. The van der Waals surface area contributed by atoms with Crippen molar-refractivity contribution in [2.24, 2.45) is 0 Å². The third-order valence-electron chi connectivity index (χ3n) is 3.67.